The summed E-state index contributed by atoms with van der Waals surface area (Å²) in [6.07, 6.45) is 7.36. The van der Waals surface area contributed by atoms with Crippen LogP contribution >= 0.6 is 0 Å². The molecule has 1 aliphatic rings. The van der Waals surface area contributed by atoms with Gasteiger partial charge in [0.1, 0.15) is 0 Å². The zero-order valence-corrected chi connectivity index (χ0v) is 17.1. The first kappa shape index (κ1) is 22.0. The molecule has 25 heavy (non-hydrogen) atoms. The van der Waals surface area contributed by atoms with Crippen molar-refractivity contribution in [1.82, 2.24) is 0 Å². The van der Waals surface area contributed by atoms with Gasteiger partial charge < -0.3 is 9.47 Å². The summed E-state index contributed by atoms with van der Waals surface area (Å²) in [6, 6.07) is 0. The average molecular weight is 355 g/mol. The third-order valence-electron chi connectivity index (χ3n) is 5.32. The Kier molecular flexibility index (Phi) is 8.95. The van der Waals surface area contributed by atoms with Crippen molar-refractivity contribution in [3.63, 3.8) is 0 Å². The third-order valence-corrected chi connectivity index (χ3v) is 5.32. The van der Waals surface area contributed by atoms with Gasteiger partial charge in [0.25, 0.3) is 0 Å². The topological polar surface area (TPSA) is 52.6 Å². The second-order valence-electron chi connectivity index (χ2n) is 8.07. The summed E-state index contributed by atoms with van der Waals surface area (Å²) in [4.78, 5) is 26.1. The SMILES string of the molecule is CCCCC1CCC(C(=O)OC(C)C)(C(=O)OC(C)C)C1CCCC. The van der Waals surface area contributed by atoms with Crippen LogP contribution in [0, 0.1) is 17.3 Å². The molecule has 0 bridgehead atoms. The lowest BCUT2D eigenvalue weighted by Gasteiger charge is -2.34. The maximum atomic E-state index is 13.1. The zero-order valence-electron chi connectivity index (χ0n) is 17.1. The molecule has 146 valence electrons. The van der Waals surface area contributed by atoms with Crippen LogP contribution in [0.4, 0.5) is 0 Å². The van der Waals surface area contributed by atoms with E-state index in [0.717, 1.165) is 44.9 Å². The molecule has 2 unspecified atom stereocenters. The van der Waals surface area contributed by atoms with Gasteiger partial charge in [-0.2, -0.15) is 0 Å². The zero-order chi connectivity index (χ0) is 19.0. The van der Waals surface area contributed by atoms with E-state index in [1.807, 2.05) is 27.7 Å². The van der Waals surface area contributed by atoms with Crippen molar-refractivity contribution in [2.75, 3.05) is 0 Å². The Bertz CT molecular complexity index is 406. The Labute approximate surface area is 154 Å². The van der Waals surface area contributed by atoms with Crippen molar-refractivity contribution >= 4 is 11.9 Å². The van der Waals surface area contributed by atoms with Gasteiger partial charge in [-0.15, -0.1) is 0 Å². The van der Waals surface area contributed by atoms with Crippen LogP contribution in [0.1, 0.15) is 92.9 Å². The highest BCUT2D eigenvalue weighted by molar-refractivity contribution is 6.01. The fourth-order valence-corrected chi connectivity index (χ4v) is 4.15. The summed E-state index contributed by atoms with van der Waals surface area (Å²) in [7, 11) is 0. The van der Waals surface area contributed by atoms with Crippen LogP contribution in [0.3, 0.4) is 0 Å². The van der Waals surface area contributed by atoms with E-state index in [2.05, 4.69) is 13.8 Å². The molecule has 0 amide bonds. The molecule has 0 N–H and O–H groups in total. The lowest BCUT2D eigenvalue weighted by molar-refractivity contribution is -0.181. The maximum absolute atomic E-state index is 13.1. The highest BCUT2D eigenvalue weighted by Crippen LogP contribution is 2.53. The molecule has 1 aliphatic carbocycles. The number of rotatable bonds is 10. The third kappa shape index (κ3) is 5.46. The summed E-state index contributed by atoms with van der Waals surface area (Å²) < 4.78 is 11.1. The standard InChI is InChI=1S/C21H38O4/c1-7-9-11-17-13-14-21(18(17)12-10-8-2,19(22)24-15(3)4)20(23)25-16(5)6/h15-18H,7-14H2,1-6H3. The first-order valence-electron chi connectivity index (χ1n) is 10.2. The molecular weight excluding hydrogens is 316 g/mol. The Morgan fingerprint density at radius 2 is 1.40 bits per heavy atom. The number of ether oxygens (including phenoxy) is 2. The number of hydrogen-bond donors (Lipinski definition) is 0. The Balaban J connectivity index is 3.19. The average Bonchev–Trinajstić information content (AvgIpc) is 2.89. The maximum Gasteiger partial charge on any atom is 0.324 e. The summed E-state index contributed by atoms with van der Waals surface area (Å²) in [5, 5.41) is 0. The molecule has 4 nitrogen and oxygen atoms in total. The summed E-state index contributed by atoms with van der Waals surface area (Å²) in [5.74, 6) is -0.288. The van der Waals surface area contributed by atoms with Crippen LogP contribution in [0.25, 0.3) is 0 Å². The van der Waals surface area contributed by atoms with Crippen LogP contribution in [0.15, 0.2) is 0 Å². The van der Waals surface area contributed by atoms with Gasteiger partial charge in [0.05, 0.1) is 12.2 Å². The molecule has 0 aromatic rings. The fraction of sp³-hybridized carbons (Fsp3) is 0.905. The molecule has 0 aromatic carbocycles. The smallest absolute Gasteiger partial charge is 0.324 e. The Morgan fingerprint density at radius 3 is 1.84 bits per heavy atom. The Morgan fingerprint density at radius 1 is 0.920 bits per heavy atom. The van der Waals surface area contributed by atoms with Crippen molar-refractivity contribution in [3.8, 4) is 0 Å². The highest BCUT2D eigenvalue weighted by Gasteiger charge is 2.60. The number of carbonyl (C=O) groups excluding carboxylic acids is 2. The number of carbonyl (C=O) groups is 2. The molecule has 0 heterocycles. The lowest BCUT2D eigenvalue weighted by atomic mass is 9.71. The van der Waals surface area contributed by atoms with Gasteiger partial charge >= 0.3 is 11.9 Å². The molecule has 0 aliphatic heterocycles. The van der Waals surface area contributed by atoms with E-state index in [1.165, 1.54) is 0 Å². The summed E-state index contributed by atoms with van der Waals surface area (Å²) in [6.45, 7) is 11.7. The van der Waals surface area contributed by atoms with Gasteiger partial charge in [-0.05, 0) is 58.8 Å². The number of hydrogen-bond acceptors (Lipinski definition) is 4. The van der Waals surface area contributed by atoms with Crippen molar-refractivity contribution in [2.45, 2.75) is 105 Å². The predicted molar refractivity (Wildman–Crippen MR) is 100 cm³/mol. The number of unbranched alkanes of at least 4 members (excludes halogenated alkanes) is 2. The predicted octanol–water partition coefficient (Wildman–Crippen LogP) is 5.28. The molecule has 0 aromatic heterocycles. The minimum absolute atomic E-state index is 0.0384. The van der Waals surface area contributed by atoms with E-state index in [4.69, 9.17) is 9.47 Å². The molecule has 2 atom stereocenters. The Hall–Kier alpha value is -1.06. The molecule has 0 spiro atoms. The van der Waals surface area contributed by atoms with Gasteiger partial charge in [0.2, 0.25) is 0 Å². The first-order valence-corrected chi connectivity index (χ1v) is 10.2. The van der Waals surface area contributed by atoms with E-state index < -0.39 is 5.41 Å². The molecule has 0 radical (unpaired) electrons. The van der Waals surface area contributed by atoms with Gasteiger partial charge in [0, 0.05) is 0 Å². The van der Waals surface area contributed by atoms with Crippen LogP contribution < -0.4 is 0 Å². The first-order chi connectivity index (χ1) is 11.8. The van der Waals surface area contributed by atoms with Crippen molar-refractivity contribution in [1.29, 1.82) is 0 Å². The van der Waals surface area contributed by atoms with Crippen molar-refractivity contribution in [2.24, 2.45) is 17.3 Å². The summed E-state index contributed by atoms with van der Waals surface area (Å²) in [5.41, 5.74) is -1.11. The van der Waals surface area contributed by atoms with E-state index >= 15 is 0 Å². The van der Waals surface area contributed by atoms with Crippen LogP contribution in [-0.2, 0) is 19.1 Å². The van der Waals surface area contributed by atoms with Crippen LogP contribution in [-0.4, -0.2) is 24.1 Å². The minimum atomic E-state index is -1.11. The van der Waals surface area contributed by atoms with Gasteiger partial charge in [-0.25, -0.2) is 0 Å². The van der Waals surface area contributed by atoms with E-state index in [-0.39, 0.29) is 30.1 Å². The van der Waals surface area contributed by atoms with Crippen molar-refractivity contribution < 1.29 is 19.1 Å². The van der Waals surface area contributed by atoms with Crippen molar-refractivity contribution in [3.05, 3.63) is 0 Å². The molecule has 1 fully saturated rings. The van der Waals surface area contributed by atoms with E-state index in [0.29, 0.717) is 12.3 Å². The normalized spacial score (nSPS) is 22.4. The summed E-state index contributed by atoms with van der Waals surface area (Å²) >= 11 is 0. The van der Waals surface area contributed by atoms with Crippen LogP contribution in [0.2, 0.25) is 0 Å². The second kappa shape index (κ2) is 10.2. The lowest BCUT2D eigenvalue weighted by Crippen LogP contribution is -2.47. The molecule has 4 heteroatoms. The molecule has 0 saturated heterocycles. The van der Waals surface area contributed by atoms with Gasteiger partial charge in [0.15, 0.2) is 5.41 Å². The highest BCUT2D eigenvalue weighted by atomic mass is 16.6. The largest absolute Gasteiger partial charge is 0.462 e. The monoisotopic (exact) mass is 354 g/mol. The van der Waals surface area contributed by atoms with E-state index in [9.17, 15) is 9.59 Å². The van der Waals surface area contributed by atoms with Crippen LogP contribution in [0.5, 0.6) is 0 Å². The minimum Gasteiger partial charge on any atom is -0.462 e. The molecular formula is C21H38O4. The quantitative estimate of drug-likeness (QED) is 0.395. The number of esters is 2. The molecule has 1 saturated carbocycles. The van der Waals surface area contributed by atoms with Gasteiger partial charge in [-0.1, -0.05) is 46.0 Å². The van der Waals surface area contributed by atoms with E-state index in [1.54, 1.807) is 0 Å². The second-order valence-corrected chi connectivity index (χ2v) is 8.07. The van der Waals surface area contributed by atoms with Gasteiger partial charge in [-0.3, -0.25) is 9.59 Å². The fourth-order valence-electron chi connectivity index (χ4n) is 4.15. The molecule has 1 rings (SSSR count).